The van der Waals surface area contributed by atoms with Crippen molar-refractivity contribution in [2.45, 2.75) is 0 Å². The van der Waals surface area contributed by atoms with Crippen LogP contribution in [0, 0.1) is 11.3 Å². The van der Waals surface area contributed by atoms with Crippen molar-refractivity contribution >= 4 is 43.1 Å². The molecule has 0 aliphatic heterocycles. The second-order valence-electron chi connectivity index (χ2n) is 14.3. The Kier molecular flexibility index (Phi) is 6.68. The summed E-state index contributed by atoms with van der Waals surface area (Å²) in [6.07, 6.45) is 0. The fourth-order valence-electron chi connectivity index (χ4n) is 9.05. The summed E-state index contributed by atoms with van der Waals surface area (Å²) in [7, 11) is 0. The minimum absolute atomic E-state index is 0.673. The minimum atomic E-state index is 0.673. The molecule has 10 aromatic carbocycles. The van der Waals surface area contributed by atoms with Crippen molar-refractivity contribution in [2.24, 2.45) is 0 Å². The third-order valence-corrected chi connectivity index (χ3v) is 11.4. The van der Waals surface area contributed by atoms with E-state index in [2.05, 4.69) is 176 Å². The molecule has 0 N–H and O–H groups in total. The lowest BCUT2D eigenvalue weighted by atomic mass is 9.82. The average Bonchev–Trinajstić information content (AvgIpc) is 3.57. The molecule has 0 amide bonds. The third kappa shape index (κ3) is 4.51. The molecule has 0 saturated carbocycles. The molecule has 0 fully saturated rings. The van der Waals surface area contributed by atoms with Gasteiger partial charge in [-0.25, -0.2) is 0 Å². The Morgan fingerprint density at radius 1 is 0.296 bits per heavy atom. The van der Waals surface area contributed by atoms with Crippen LogP contribution in [0.5, 0.6) is 0 Å². The number of nitriles is 1. The van der Waals surface area contributed by atoms with Gasteiger partial charge in [-0.3, -0.25) is 0 Å². The normalized spacial score (nSPS) is 11.7. The van der Waals surface area contributed by atoms with Crippen molar-refractivity contribution in [3.05, 3.63) is 194 Å². The molecule has 0 heterocycles. The molecule has 10 aromatic rings. The lowest BCUT2D eigenvalue weighted by Crippen LogP contribution is -1.93. The van der Waals surface area contributed by atoms with Crippen LogP contribution >= 0.6 is 0 Å². The molecule has 1 aliphatic rings. The van der Waals surface area contributed by atoms with Crippen LogP contribution in [0.15, 0.2) is 188 Å². The van der Waals surface area contributed by atoms with Crippen LogP contribution in [0.3, 0.4) is 0 Å². The summed E-state index contributed by atoms with van der Waals surface area (Å²) in [5.74, 6) is 0. The fourth-order valence-corrected chi connectivity index (χ4v) is 9.05. The molecule has 0 bridgehead atoms. The zero-order valence-corrected chi connectivity index (χ0v) is 29.3. The lowest BCUT2D eigenvalue weighted by Gasteiger charge is -2.20. The first-order valence-electron chi connectivity index (χ1n) is 18.5. The number of hydrogen-bond donors (Lipinski definition) is 0. The molecular weight excluding hydrogens is 651 g/mol. The second-order valence-corrected chi connectivity index (χ2v) is 14.3. The van der Waals surface area contributed by atoms with Gasteiger partial charge >= 0.3 is 0 Å². The van der Waals surface area contributed by atoms with E-state index in [1.807, 2.05) is 18.2 Å². The lowest BCUT2D eigenvalue weighted by molar-refractivity contribution is 1.48. The highest BCUT2D eigenvalue weighted by molar-refractivity contribution is 6.29. The molecule has 0 radical (unpaired) electrons. The number of benzene rings is 10. The average molecular weight is 682 g/mol. The number of hydrogen-bond acceptors (Lipinski definition) is 1. The molecule has 0 unspecified atom stereocenters. The van der Waals surface area contributed by atoms with Crippen LogP contribution < -0.4 is 0 Å². The summed E-state index contributed by atoms with van der Waals surface area (Å²) >= 11 is 0. The molecule has 1 heteroatoms. The standard InChI is InChI=1S/C53H31N/c54-32-33-11-9-16-36(29-33)37-23-25-41-38(30-37)21-22-39-31-40(24-26-42(39)41)43-27-28-48-51-44(43)19-10-20-47(51)52-49(34-12-3-1-4-13-34)45-17-7-8-18-46(45)50(53(48)52)35-14-5-2-6-15-35/h1-31H. The fraction of sp³-hybridized carbons (Fsp3) is 0. The number of rotatable bonds is 4. The van der Waals surface area contributed by atoms with E-state index in [9.17, 15) is 5.26 Å². The highest BCUT2D eigenvalue weighted by atomic mass is 14.3. The predicted molar refractivity (Wildman–Crippen MR) is 227 cm³/mol. The Morgan fingerprint density at radius 2 is 0.796 bits per heavy atom. The largest absolute Gasteiger partial charge is 0.192 e. The molecule has 0 saturated heterocycles. The first kappa shape index (κ1) is 30.4. The summed E-state index contributed by atoms with van der Waals surface area (Å²) in [5, 5.41) is 19.4. The van der Waals surface area contributed by atoms with E-state index in [1.54, 1.807) is 0 Å². The van der Waals surface area contributed by atoms with Crippen LogP contribution in [-0.4, -0.2) is 0 Å². The maximum absolute atomic E-state index is 9.43. The van der Waals surface area contributed by atoms with Crippen LogP contribution in [0.1, 0.15) is 5.56 Å². The summed E-state index contributed by atoms with van der Waals surface area (Å²) in [6.45, 7) is 0. The van der Waals surface area contributed by atoms with Crippen molar-refractivity contribution in [3.8, 4) is 72.8 Å². The molecule has 248 valence electrons. The quantitative estimate of drug-likeness (QED) is 0.170. The van der Waals surface area contributed by atoms with E-state index in [4.69, 9.17) is 0 Å². The highest BCUT2D eigenvalue weighted by Gasteiger charge is 2.31. The van der Waals surface area contributed by atoms with Crippen LogP contribution in [-0.2, 0) is 0 Å². The Hall–Kier alpha value is -7.27. The molecule has 54 heavy (non-hydrogen) atoms. The monoisotopic (exact) mass is 681 g/mol. The molecule has 0 atom stereocenters. The zero-order chi connectivity index (χ0) is 35.8. The second kappa shape index (κ2) is 11.9. The Balaban J connectivity index is 1.12. The smallest absolute Gasteiger partial charge is 0.0991 e. The minimum Gasteiger partial charge on any atom is -0.192 e. The number of fused-ring (bicyclic) bond motifs is 7. The maximum atomic E-state index is 9.43. The van der Waals surface area contributed by atoms with Crippen molar-refractivity contribution in [1.82, 2.24) is 0 Å². The van der Waals surface area contributed by atoms with E-state index in [0.717, 1.165) is 11.1 Å². The van der Waals surface area contributed by atoms with Gasteiger partial charge in [0.25, 0.3) is 0 Å². The van der Waals surface area contributed by atoms with Crippen LogP contribution in [0.2, 0.25) is 0 Å². The maximum Gasteiger partial charge on any atom is 0.0991 e. The van der Waals surface area contributed by atoms with E-state index in [-0.39, 0.29) is 0 Å². The van der Waals surface area contributed by atoms with Gasteiger partial charge in [-0.1, -0.05) is 164 Å². The van der Waals surface area contributed by atoms with Gasteiger partial charge in [-0.05, 0) is 134 Å². The summed E-state index contributed by atoms with van der Waals surface area (Å²) < 4.78 is 0. The summed E-state index contributed by atoms with van der Waals surface area (Å²) in [5.41, 5.74) is 15.6. The number of nitrogens with zero attached hydrogens (tertiary/aromatic N) is 1. The predicted octanol–water partition coefficient (Wildman–Crippen LogP) is 14.5. The molecular formula is C53H31N. The van der Waals surface area contributed by atoms with E-state index < -0.39 is 0 Å². The van der Waals surface area contributed by atoms with Gasteiger partial charge < -0.3 is 0 Å². The van der Waals surface area contributed by atoms with Gasteiger partial charge in [0.05, 0.1) is 11.6 Å². The summed E-state index contributed by atoms with van der Waals surface area (Å²) in [4.78, 5) is 0. The first-order valence-corrected chi connectivity index (χ1v) is 18.5. The van der Waals surface area contributed by atoms with E-state index in [0.29, 0.717) is 5.56 Å². The van der Waals surface area contributed by atoms with Gasteiger partial charge in [0.15, 0.2) is 0 Å². The molecule has 1 aliphatic carbocycles. The summed E-state index contributed by atoms with van der Waals surface area (Å²) in [6, 6.07) is 70.5. The topological polar surface area (TPSA) is 23.8 Å². The van der Waals surface area contributed by atoms with Gasteiger partial charge in [-0.15, -0.1) is 0 Å². The Bertz CT molecular complexity index is 3110. The highest BCUT2D eigenvalue weighted by Crippen LogP contribution is 2.58. The van der Waals surface area contributed by atoms with Gasteiger partial charge in [0.2, 0.25) is 0 Å². The molecule has 0 aromatic heterocycles. The SMILES string of the molecule is N#Cc1cccc(-c2ccc3c(ccc4cc(-c5ccc6c7c(cccc57)-c5c-6c(-c6ccccc6)c6ccccc6c5-c5ccccc5)ccc43)c2)c1. The van der Waals surface area contributed by atoms with Crippen LogP contribution in [0.25, 0.3) is 110 Å². The Morgan fingerprint density at radius 3 is 1.44 bits per heavy atom. The first-order chi connectivity index (χ1) is 26.7. The van der Waals surface area contributed by atoms with Crippen molar-refractivity contribution < 1.29 is 0 Å². The van der Waals surface area contributed by atoms with E-state index in [1.165, 1.54) is 98.7 Å². The van der Waals surface area contributed by atoms with Gasteiger partial charge in [0, 0.05) is 0 Å². The van der Waals surface area contributed by atoms with Gasteiger partial charge in [-0.2, -0.15) is 5.26 Å². The van der Waals surface area contributed by atoms with Crippen molar-refractivity contribution in [3.63, 3.8) is 0 Å². The third-order valence-electron chi connectivity index (χ3n) is 11.4. The van der Waals surface area contributed by atoms with Crippen LogP contribution in [0.4, 0.5) is 0 Å². The van der Waals surface area contributed by atoms with Crippen molar-refractivity contribution in [2.75, 3.05) is 0 Å². The van der Waals surface area contributed by atoms with Crippen molar-refractivity contribution in [1.29, 1.82) is 5.26 Å². The molecule has 0 spiro atoms. The zero-order valence-electron chi connectivity index (χ0n) is 29.3. The molecule has 1 nitrogen and oxygen atoms in total. The molecule has 11 rings (SSSR count). The Labute approximate surface area is 313 Å². The van der Waals surface area contributed by atoms with Gasteiger partial charge in [0.1, 0.15) is 0 Å². The van der Waals surface area contributed by atoms with E-state index >= 15 is 0 Å².